The summed E-state index contributed by atoms with van der Waals surface area (Å²) in [5, 5.41) is 2.08. The molecule has 0 bridgehead atoms. The molecule has 0 spiro atoms. The van der Waals surface area contributed by atoms with E-state index in [1.165, 1.54) is 31.4 Å². The average molecular weight is 525 g/mol. The number of ether oxygens (including phenoxy) is 2. The van der Waals surface area contributed by atoms with E-state index in [1.807, 2.05) is 24.3 Å². The first-order chi connectivity index (χ1) is 16.4. The van der Waals surface area contributed by atoms with Crippen LogP contribution in [-0.2, 0) is 16.2 Å². The predicted octanol–water partition coefficient (Wildman–Crippen LogP) is 4.84. The molecule has 0 aromatic heterocycles. The van der Waals surface area contributed by atoms with Crippen molar-refractivity contribution in [1.29, 1.82) is 0 Å². The van der Waals surface area contributed by atoms with Gasteiger partial charge in [0.05, 0.1) is 12.8 Å². The summed E-state index contributed by atoms with van der Waals surface area (Å²) in [6, 6.07) is 16.7. The Morgan fingerprint density at radius 1 is 1.03 bits per heavy atom. The molecule has 0 atom stereocenters. The van der Waals surface area contributed by atoms with Crippen LogP contribution in [0.4, 0.5) is 14.9 Å². The number of para-hydroxylation sites is 1. The van der Waals surface area contributed by atoms with Crippen molar-refractivity contribution in [2.45, 2.75) is 6.61 Å². The molecule has 0 radical (unpaired) electrons. The van der Waals surface area contributed by atoms with E-state index in [4.69, 9.17) is 9.47 Å². The Balaban J connectivity index is 1.69. The molecule has 0 unspecified atom stereocenters. The fraction of sp³-hybridized carbons (Fsp3) is 0.0800. The van der Waals surface area contributed by atoms with Crippen LogP contribution in [0.1, 0.15) is 11.1 Å². The highest BCUT2D eigenvalue weighted by molar-refractivity contribution is 9.10. The zero-order valence-corrected chi connectivity index (χ0v) is 19.5. The Morgan fingerprint density at radius 3 is 2.47 bits per heavy atom. The van der Waals surface area contributed by atoms with Crippen LogP contribution in [-0.4, -0.2) is 25.0 Å². The van der Waals surface area contributed by atoms with E-state index < -0.39 is 23.7 Å². The molecular weight excluding hydrogens is 507 g/mol. The van der Waals surface area contributed by atoms with Crippen LogP contribution in [0.25, 0.3) is 6.08 Å². The summed E-state index contributed by atoms with van der Waals surface area (Å²) in [5.74, 6) is -1.76. The van der Waals surface area contributed by atoms with Gasteiger partial charge >= 0.3 is 6.03 Å². The first-order valence-corrected chi connectivity index (χ1v) is 10.9. The number of rotatable bonds is 6. The van der Waals surface area contributed by atoms with Crippen LogP contribution in [0.3, 0.4) is 0 Å². The largest absolute Gasteiger partial charge is 0.497 e. The SMILES string of the molecule is COc1ccc(/C=C2/C(=O)NC(=O)N(c3ccccc3F)C2=O)c(OCc2ccc(Br)cc2)c1. The van der Waals surface area contributed by atoms with E-state index in [2.05, 4.69) is 21.2 Å². The number of barbiturate groups is 1. The molecule has 0 aliphatic carbocycles. The molecule has 9 heteroatoms. The van der Waals surface area contributed by atoms with Gasteiger partial charge in [0.25, 0.3) is 11.8 Å². The number of hydrogen-bond donors (Lipinski definition) is 1. The van der Waals surface area contributed by atoms with Crippen molar-refractivity contribution in [3.8, 4) is 11.5 Å². The highest BCUT2D eigenvalue weighted by atomic mass is 79.9. The average Bonchev–Trinajstić information content (AvgIpc) is 2.83. The molecule has 1 N–H and O–H groups in total. The van der Waals surface area contributed by atoms with E-state index in [9.17, 15) is 18.8 Å². The van der Waals surface area contributed by atoms with Crippen molar-refractivity contribution in [3.05, 3.63) is 93.7 Å². The Kier molecular flexibility index (Phi) is 6.74. The molecule has 1 fully saturated rings. The number of anilines is 1. The summed E-state index contributed by atoms with van der Waals surface area (Å²) in [6.45, 7) is 0.219. The third-order valence-electron chi connectivity index (χ3n) is 5.02. The summed E-state index contributed by atoms with van der Waals surface area (Å²) in [4.78, 5) is 38.5. The van der Waals surface area contributed by atoms with Crippen molar-refractivity contribution in [2.75, 3.05) is 12.0 Å². The Hall–Kier alpha value is -3.98. The minimum atomic E-state index is -1.03. The molecule has 3 aromatic rings. The third kappa shape index (κ3) is 4.84. The minimum Gasteiger partial charge on any atom is -0.497 e. The van der Waals surface area contributed by atoms with Gasteiger partial charge in [-0.15, -0.1) is 0 Å². The number of nitrogens with one attached hydrogen (secondary N) is 1. The smallest absolute Gasteiger partial charge is 0.336 e. The highest BCUT2D eigenvalue weighted by Gasteiger charge is 2.38. The van der Waals surface area contributed by atoms with Gasteiger partial charge in [-0.2, -0.15) is 0 Å². The maximum atomic E-state index is 14.3. The second kappa shape index (κ2) is 9.88. The Bertz CT molecular complexity index is 1310. The van der Waals surface area contributed by atoms with Gasteiger partial charge in [0.1, 0.15) is 29.5 Å². The molecular formula is C25H18BrFN2O5. The fourth-order valence-electron chi connectivity index (χ4n) is 3.29. The molecule has 1 saturated heterocycles. The molecule has 7 nitrogen and oxygen atoms in total. The minimum absolute atomic E-state index is 0.219. The monoisotopic (exact) mass is 524 g/mol. The van der Waals surface area contributed by atoms with Gasteiger partial charge in [-0.25, -0.2) is 14.1 Å². The highest BCUT2D eigenvalue weighted by Crippen LogP contribution is 2.30. The third-order valence-corrected chi connectivity index (χ3v) is 5.55. The van der Waals surface area contributed by atoms with Crippen LogP contribution >= 0.6 is 15.9 Å². The van der Waals surface area contributed by atoms with Gasteiger partial charge in [0, 0.05) is 16.1 Å². The first-order valence-electron chi connectivity index (χ1n) is 10.1. The lowest BCUT2D eigenvalue weighted by molar-refractivity contribution is -0.122. The van der Waals surface area contributed by atoms with E-state index in [-0.39, 0.29) is 17.9 Å². The number of methoxy groups -OCH3 is 1. The van der Waals surface area contributed by atoms with Crippen molar-refractivity contribution in [3.63, 3.8) is 0 Å². The second-order valence-electron chi connectivity index (χ2n) is 7.23. The number of carbonyl (C=O) groups is 3. The summed E-state index contributed by atoms with van der Waals surface area (Å²) in [5.41, 5.74) is 0.693. The van der Waals surface area contributed by atoms with Gasteiger partial charge in [0.15, 0.2) is 0 Å². The summed E-state index contributed by atoms with van der Waals surface area (Å²) in [6.07, 6.45) is 1.30. The van der Waals surface area contributed by atoms with Crippen LogP contribution in [0, 0.1) is 5.82 Å². The maximum Gasteiger partial charge on any atom is 0.336 e. The van der Waals surface area contributed by atoms with Gasteiger partial charge in [-0.05, 0) is 48.0 Å². The lowest BCUT2D eigenvalue weighted by Gasteiger charge is -2.26. The number of amides is 4. The molecule has 34 heavy (non-hydrogen) atoms. The summed E-state index contributed by atoms with van der Waals surface area (Å²) in [7, 11) is 1.50. The fourth-order valence-corrected chi connectivity index (χ4v) is 3.56. The van der Waals surface area contributed by atoms with Crippen LogP contribution in [0.5, 0.6) is 11.5 Å². The summed E-state index contributed by atoms with van der Waals surface area (Å²) < 4.78 is 26.4. The number of benzene rings is 3. The number of carbonyl (C=O) groups excluding carboxylic acids is 3. The normalized spacial score (nSPS) is 14.9. The van der Waals surface area contributed by atoms with Crippen LogP contribution in [0.2, 0.25) is 0 Å². The zero-order chi connectivity index (χ0) is 24.2. The number of halogens is 2. The summed E-state index contributed by atoms with van der Waals surface area (Å²) >= 11 is 3.38. The number of imide groups is 2. The van der Waals surface area contributed by atoms with Crippen LogP contribution in [0.15, 0.2) is 76.8 Å². The van der Waals surface area contributed by atoms with Crippen LogP contribution < -0.4 is 19.7 Å². The molecule has 4 amide bonds. The van der Waals surface area contributed by atoms with Crippen molar-refractivity contribution >= 4 is 45.5 Å². The van der Waals surface area contributed by atoms with E-state index in [0.717, 1.165) is 16.1 Å². The molecule has 1 aliphatic heterocycles. The molecule has 4 rings (SSSR count). The molecule has 0 saturated carbocycles. The van der Waals surface area contributed by atoms with Gasteiger partial charge in [-0.3, -0.25) is 14.9 Å². The lowest BCUT2D eigenvalue weighted by Crippen LogP contribution is -2.54. The number of urea groups is 1. The molecule has 3 aromatic carbocycles. The van der Waals surface area contributed by atoms with Gasteiger partial charge in [0.2, 0.25) is 0 Å². The Morgan fingerprint density at radius 2 is 1.76 bits per heavy atom. The predicted molar refractivity (Wildman–Crippen MR) is 127 cm³/mol. The molecule has 1 aliphatic rings. The van der Waals surface area contributed by atoms with Gasteiger partial charge in [-0.1, -0.05) is 40.2 Å². The topological polar surface area (TPSA) is 84.9 Å². The second-order valence-corrected chi connectivity index (χ2v) is 8.14. The number of hydrogen-bond acceptors (Lipinski definition) is 5. The number of nitrogens with zero attached hydrogens (tertiary/aromatic N) is 1. The lowest BCUT2D eigenvalue weighted by atomic mass is 10.1. The Labute approximate surface area is 202 Å². The van der Waals surface area contributed by atoms with E-state index in [0.29, 0.717) is 22.0 Å². The van der Waals surface area contributed by atoms with E-state index in [1.54, 1.807) is 18.2 Å². The molecule has 1 heterocycles. The maximum absolute atomic E-state index is 14.3. The quantitative estimate of drug-likeness (QED) is 0.368. The standard InChI is InChI=1S/C25H18BrFN2O5/c1-33-18-11-8-16(22(13-18)34-14-15-6-9-17(26)10-7-15)12-19-23(30)28-25(32)29(24(19)31)21-5-3-2-4-20(21)27/h2-13H,14H2,1H3,(H,28,30,32)/b19-12-. The van der Waals surface area contributed by atoms with Gasteiger partial charge < -0.3 is 9.47 Å². The first kappa shape index (κ1) is 23.2. The van der Waals surface area contributed by atoms with E-state index >= 15 is 0 Å². The van der Waals surface area contributed by atoms with Crippen molar-refractivity contribution < 1.29 is 28.2 Å². The van der Waals surface area contributed by atoms with Crippen molar-refractivity contribution in [2.24, 2.45) is 0 Å². The molecule has 172 valence electrons. The zero-order valence-electron chi connectivity index (χ0n) is 17.9. The van der Waals surface area contributed by atoms with Crippen molar-refractivity contribution in [1.82, 2.24) is 5.32 Å².